The normalized spacial score (nSPS) is 12.6. The standard InChI is InChI=1S/C19H15N3O3/c1-11-5-7-12(8-6-11)15-9-16(25-22-15)18(23)21-14-4-2-3-13-10-20-19(24)17(13)14/h2-9H,10H2,1H3,(H,20,24)(H,21,23). The van der Waals surface area contributed by atoms with Gasteiger partial charge in [0.05, 0.1) is 11.3 Å². The Labute approximate surface area is 143 Å². The average molecular weight is 333 g/mol. The molecule has 0 saturated carbocycles. The molecule has 1 aromatic heterocycles. The maximum atomic E-state index is 12.4. The second-order valence-corrected chi connectivity index (χ2v) is 5.92. The molecule has 2 amide bonds. The SMILES string of the molecule is Cc1ccc(-c2cc(C(=O)Nc3cccc4c3C(=O)NC4)on2)cc1. The van der Waals surface area contributed by atoms with Crippen molar-refractivity contribution in [1.82, 2.24) is 10.5 Å². The van der Waals surface area contributed by atoms with E-state index in [2.05, 4.69) is 15.8 Å². The molecule has 6 heteroatoms. The van der Waals surface area contributed by atoms with Crippen LogP contribution in [0.25, 0.3) is 11.3 Å². The number of carbonyl (C=O) groups excluding carboxylic acids is 2. The van der Waals surface area contributed by atoms with E-state index < -0.39 is 5.91 Å². The summed E-state index contributed by atoms with van der Waals surface area (Å²) in [4.78, 5) is 24.4. The van der Waals surface area contributed by atoms with Gasteiger partial charge in [-0.05, 0) is 18.6 Å². The lowest BCUT2D eigenvalue weighted by Crippen LogP contribution is -2.17. The highest BCUT2D eigenvalue weighted by Gasteiger charge is 2.24. The zero-order valence-electron chi connectivity index (χ0n) is 13.5. The quantitative estimate of drug-likeness (QED) is 0.771. The van der Waals surface area contributed by atoms with Crippen LogP contribution in [0.2, 0.25) is 0 Å². The molecule has 2 N–H and O–H groups in total. The fourth-order valence-electron chi connectivity index (χ4n) is 2.81. The third kappa shape index (κ3) is 2.78. The van der Waals surface area contributed by atoms with Crippen LogP contribution < -0.4 is 10.6 Å². The molecule has 4 rings (SSSR count). The molecule has 3 aromatic rings. The monoisotopic (exact) mass is 333 g/mol. The number of rotatable bonds is 3. The second kappa shape index (κ2) is 5.90. The summed E-state index contributed by atoms with van der Waals surface area (Å²) in [7, 11) is 0. The zero-order chi connectivity index (χ0) is 17.4. The molecule has 0 aliphatic carbocycles. The first-order valence-electron chi connectivity index (χ1n) is 7.87. The number of benzene rings is 2. The van der Waals surface area contributed by atoms with E-state index in [0.29, 0.717) is 23.5 Å². The Balaban J connectivity index is 1.58. The number of carbonyl (C=O) groups is 2. The molecule has 0 radical (unpaired) electrons. The summed E-state index contributed by atoms with van der Waals surface area (Å²) in [6, 6.07) is 14.7. The molecule has 124 valence electrons. The van der Waals surface area contributed by atoms with E-state index in [0.717, 1.165) is 16.7 Å². The number of aromatic nitrogens is 1. The number of amides is 2. The van der Waals surface area contributed by atoms with Gasteiger partial charge in [0.2, 0.25) is 5.76 Å². The minimum absolute atomic E-state index is 0.0894. The summed E-state index contributed by atoms with van der Waals surface area (Å²) >= 11 is 0. The summed E-state index contributed by atoms with van der Waals surface area (Å²) in [6.45, 7) is 2.47. The van der Waals surface area contributed by atoms with Crippen molar-refractivity contribution in [1.29, 1.82) is 0 Å². The Morgan fingerprint density at radius 1 is 1.20 bits per heavy atom. The lowest BCUT2D eigenvalue weighted by Gasteiger charge is -2.06. The highest BCUT2D eigenvalue weighted by Crippen LogP contribution is 2.25. The van der Waals surface area contributed by atoms with Gasteiger partial charge in [-0.1, -0.05) is 47.1 Å². The lowest BCUT2D eigenvalue weighted by molar-refractivity contribution is 0.0966. The number of fused-ring (bicyclic) bond motifs is 1. The van der Waals surface area contributed by atoms with Crippen LogP contribution >= 0.6 is 0 Å². The number of hydrogen-bond donors (Lipinski definition) is 2. The van der Waals surface area contributed by atoms with Crippen molar-refractivity contribution < 1.29 is 14.1 Å². The summed E-state index contributed by atoms with van der Waals surface area (Å²) in [6.07, 6.45) is 0. The first kappa shape index (κ1) is 15.1. The van der Waals surface area contributed by atoms with Crippen LogP contribution in [0.1, 0.15) is 32.0 Å². The Morgan fingerprint density at radius 2 is 2.00 bits per heavy atom. The molecule has 0 spiro atoms. The summed E-state index contributed by atoms with van der Waals surface area (Å²) in [5.74, 6) is -0.547. The van der Waals surface area contributed by atoms with Crippen molar-refractivity contribution in [3.05, 3.63) is 71.0 Å². The fourth-order valence-corrected chi connectivity index (χ4v) is 2.81. The van der Waals surface area contributed by atoms with Gasteiger partial charge in [0, 0.05) is 18.2 Å². The lowest BCUT2D eigenvalue weighted by atomic mass is 10.1. The van der Waals surface area contributed by atoms with Crippen molar-refractivity contribution in [3.8, 4) is 11.3 Å². The molecular formula is C19H15N3O3. The van der Waals surface area contributed by atoms with Crippen LogP contribution in [0, 0.1) is 6.92 Å². The van der Waals surface area contributed by atoms with Gasteiger partial charge in [0.1, 0.15) is 5.69 Å². The molecule has 2 heterocycles. The largest absolute Gasteiger partial charge is 0.350 e. The van der Waals surface area contributed by atoms with Gasteiger partial charge in [0.25, 0.3) is 11.8 Å². The average Bonchev–Trinajstić information content (AvgIpc) is 3.24. The van der Waals surface area contributed by atoms with E-state index in [-0.39, 0.29) is 11.7 Å². The van der Waals surface area contributed by atoms with E-state index >= 15 is 0 Å². The fraction of sp³-hybridized carbons (Fsp3) is 0.105. The number of aryl methyl sites for hydroxylation is 1. The molecule has 0 bridgehead atoms. The Morgan fingerprint density at radius 3 is 2.80 bits per heavy atom. The molecule has 2 aromatic carbocycles. The van der Waals surface area contributed by atoms with Gasteiger partial charge >= 0.3 is 0 Å². The summed E-state index contributed by atoms with van der Waals surface area (Å²) in [5, 5.41) is 9.42. The van der Waals surface area contributed by atoms with Crippen molar-refractivity contribution in [2.75, 3.05) is 5.32 Å². The predicted octanol–water partition coefficient (Wildman–Crippen LogP) is 3.15. The van der Waals surface area contributed by atoms with Gasteiger partial charge < -0.3 is 15.2 Å². The van der Waals surface area contributed by atoms with E-state index in [4.69, 9.17) is 4.52 Å². The van der Waals surface area contributed by atoms with Gasteiger partial charge in [-0.2, -0.15) is 0 Å². The number of hydrogen-bond acceptors (Lipinski definition) is 4. The predicted molar refractivity (Wildman–Crippen MR) is 92.2 cm³/mol. The van der Waals surface area contributed by atoms with Crippen LogP contribution in [0.15, 0.2) is 53.1 Å². The summed E-state index contributed by atoms with van der Waals surface area (Å²) in [5.41, 5.74) is 4.41. The maximum absolute atomic E-state index is 12.4. The Kier molecular flexibility index (Phi) is 3.57. The van der Waals surface area contributed by atoms with Crippen LogP contribution in [0.5, 0.6) is 0 Å². The highest BCUT2D eigenvalue weighted by molar-refractivity contribution is 6.09. The van der Waals surface area contributed by atoms with Gasteiger partial charge in [0.15, 0.2) is 0 Å². The van der Waals surface area contributed by atoms with Crippen LogP contribution in [0.4, 0.5) is 5.69 Å². The van der Waals surface area contributed by atoms with Gasteiger partial charge in [-0.3, -0.25) is 9.59 Å². The smallest absolute Gasteiger partial charge is 0.294 e. The first-order chi connectivity index (χ1) is 12.1. The van der Waals surface area contributed by atoms with Crippen molar-refractivity contribution >= 4 is 17.5 Å². The molecule has 1 aliphatic rings. The topological polar surface area (TPSA) is 84.2 Å². The van der Waals surface area contributed by atoms with Crippen molar-refractivity contribution in [2.45, 2.75) is 13.5 Å². The van der Waals surface area contributed by atoms with E-state index in [1.165, 1.54) is 0 Å². The first-order valence-corrected chi connectivity index (χ1v) is 7.87. The minimum atomic E-state index is -0.445. The molecule has 0 unspecified atom stereocenters. The third-order valence-corrected chi connectivity index (χ3v) is 4.15. The third-order valence-electron chi connectivity index (χ3n) is 4.15. The van der Waals surface area contributed by atoms with Crippen molar-refractivity contribution in [3.63, 3.8) is 0 Å². The van der Waals surface area contributed by atoms with Gasteiger partial charge in [-0.25, -0.2) is 0 Å². The molecular weight excluding hydrogens is 318 g/mol. The van der Waals surface area contributed by atoms with Crippen molar-refractivity contribution in [2.24, 2.45) is 0 Å². The molecule has 25 heavy (non-hydrogen) atoms. The molecule has 6 nitrogen and oxygen atoms in total. The molecule has 0 atom stereocenters. The second-order valence-electron chi connectivity index (χ2n) is 5.92. The Hall–Kier alpha value is -3.41. The van der Waals surface area contributed by atoms with E-state index in [9.17, 15) is 9.59 Å². The van der Waals surface area contributed by atoms with Crippen LogP contribution in [-0.2, 0) is 6.54 Å². The molecule has 0 fully saturated rings. The summed E-state index contributed by atoms with van der Waals surface area (Å²) < 4.78 is 5.17. The zero-order valence-corrected chi connectivity index (χ0v) is 13.5. The number of nitrogens with one attached hydrogen (secondary N) is 2. The minimum Gasteiger partial charge on any atom is -0.350 e. The number of nitrogens with zero attached hydrogens (tertiary/aromatic N) is 1. The molecule has 1 aliphatic heterocycles. The maximum Gasteiger partial charge on any atom is 0.294 e. The van der Waals surface area contributed by atoms with Gasteiger partial charge in [-0.15, -0.1) is 0 Å². The Bertz CT molecular complexity index is 974. The van der Waals surface area contributed by atoms with E-state index in [1.54, 1.807) is 18.2 Å². The van der Waals surface area contributed by atoms with E-state index in [1.807, 2.05) is 37.3 Å². The van der Waals surface area contributed by atoms with Crippen LogP contribution in [0.3, 0.4) is 0 Å². The molecule has 0 saturated heterocycles. The van der Waals surface area contributed by atoms with Crippen LogP contribution in [-0.4, -0.2) is 17.0 Å². The number of anilines is 1. The highest BCUT2D eigenvalue weighted by atomic mass is 16.5.